The molecule has 438 valence electrons. The molecule has 0 aliphatic rings. The van der Waals surface area contributed by atoms with Crippen LogP contribution in [-0.4, -0.2) is 37.2 Å². The van der Waals surface area contributed by atoms with E-state index in [2.05, 4.69) is 142 Å². The maximum atomic E-state index is 12.9. The molecule has 6 heteroatoms. The predicted molar refractivity (Wildman–Crippen MR) is 334 cm³/mol. The summed E-state index contributed by atoms with van der Waals surface area (Å²) in [6.07, 6.45) is 89.2. The normalized spacial score (nSPS) is 12.9. The van der Waals surface area contributed by atoms with E-state index in [1.165, 1.54) is 109 Å². The van der Waals surface area contributed by atoms with Crippen LogP contribution in [0.4, 0.5) is 0 Å². The molecule has 0 aromatic carbocycles. The molecule has 0 heterocycles. The van der Waals surface area contributed by atoms with Gasteiger partial charge in [-0.2, -0.15) is 0 Å². The maximum Gasteiger partial charge on any atom is 0.306 e. The molecule has 0 N–H and O–H groups in total. The van der Waals surface area contributed by atoms with Crippen LogP contribution in [0.3, 0.4) is 0 Å². The Labute approximate surface area is 475 Å². The summed E-state index contributed by atoms with van der Waals surface area (Å²) in [7, 11) is 0. The summed E-state index contributed by atoms with van der Waals surface area (Å²) in [5.41, 5.74) is 0. The van der Waals surface area contributed by atoms with E-state index in [0.717, 1.165) is 141 Å². The fourth-order valence-corrected chi connectivity index (χ4v) is 8.69. The minimum absolute atomic E-state index is 0.0978. The zero-order valence-corrected chi connectivity index (χ0v) is 50.2. The number of ether oxygens (including phenoxy) is 3. The first-order chi connectivity index (χ1) is 38.0. The average molecular weight is 1070 g/mol. The second kappa shape index (κ2) is 64.3. The molecule has 77 heavy (non-hydrogen) atoms. The van der Waals surface area contributed by atoms with Gasteiger partial charge in [0.1, 0.15) is 13.2 Å². The number of rotatable bonds is 57. The summed E-state index contributed by atoms with van der Waals surface area (Å²) in [4.78, 5) is 38.3. The van der Waals surface area contributed by atoms with Crippen molar-refractivity contribution in [2.24, 2.45) is 0 Å². The highest BCUT2D eigenvalue weighted by Gasteiger charge is 2.19. The van der Waals surface area contributed by atoms with Crippen molar-refractivity contribution in [3.05, 3.63) is 122 Å². The first-order valence-corrected chi connectivity index (χ1v) is 32.0. The van der Waals surface area contributed by atoms with E-state index in [9.17, 15) is 14.4 Å². The van der Waals surface area contributed by atoms with Crippen molar-refractivity contribution in [2.45, 2.75) is 297 Å². The summed E-state index contributed by atoms with van der Waals surface area (Å²) in [6, 6.07) is 0. The Morgan fingerprint density at radius 1 is 0.273 bits per heavy atom. The van der Waals surface area contributed by atoms with Crippen LogP contribution in [0.1, 0.15) is 290 Å². The van der Waals surface area contributed by atoms with Gasteiger partial charge in [0.15, 0.2) is 6.10 Å². The van der Waals surface area contributed by atoms with E-state index in [4.69, 9.17) is 14.2 Å². The first kappa shape index (κ1) is 72.8. The molecule has 0 saturated carbocycles. The molecule has 0 bridgehead atoms. The van der Waals surface area contributed by atoms with Crippen LogP contribution in [0, 0.1) is 0 Å². The van der Waals surface area contributed by atoms with Crippen molar-refractivity contribution >= 4 is 17.9 Å². The Morgan fingerprint density at radius 2 is 0.506 bits per heavy atom. The molecule has 1 unspecified atom stereocenters. The van der Waals surface area contributed by atoms with Crippen LogP contribution in [0.25, 0.3) is 0 Å². The summed E-state index contributed by atoms with van der Waals surface area (Å²) in [5.74, 6) is -0.944. The van der Waals surface area contributed by atoms with Gasteiger partial charge in [-0.05, 0) is 128 Å². The van der Waals surface area contributed by atoms with E-state index in [-0.39, 0.29) is 31.1 Å². The molecule has 0 aromatic heterocycles. The van der Waals surface area contributed by atoms with Gasteiger partial charge in [-0.25, -0.2) is 0 Å². The van der Waals surface area contributed by atoms with Crippen molar-refractivity contribution in [3.63, 3.8) is 0 Å². The monoisotopic (exact) mass is 1070 g/mol. The van der Waals surface area contributed by atoms with E-state index >= 15 is 0 Å². The topological polar surface area (TPSA) is 78.9 Å². The fourth-order valence-electron chi connectivity index (χ4n) is 8.69. The third kappa shape index (κ3) is 62.5. The van der Waals surface area contributed by atoms with Crippen LogP contribution in [-0.2, 0) is 28.6 Å². The van der Waals surface area contributed by atoms with E-state index in [1.54, 1.807) is 0 Å². The minimum Gasteiger partial charge on any atom is -0.462 e. The summed E-state index contributed by atoms with van der Waals surface area (Å²) in [5, 5.41) is 0. The lowest BCUT2D eigenvalue weighted by molar-refractivity contribution is -0.167. The molecular weight excluding hydrogens is 949 g/mol. The number of hydrogen-bond donors (Lipinski definition) is 0. The molecule has 0 spiro atoms. The number of allylic oxidation sites excluding steroid dienone is 20. The average Bonchev–Trinajstić information content (AvgIpc) is 3.43. The molecule has 0 saturated heterocycles. The highest BCUT2D eigenvalue weighted by atomic mass is 16.6. The molecule has 0 radical (unpaired) electrons. The SMILES string of the molecule is CC/C=C\C/C=C\C/C=C\C/C=C\C/C=C\CCCCCCCC(=O)OC(COC(=O)CCCCC/C=C\C/C=C\C/C=C\CC)COC(=O)CCCCCCCCCCCCCCC/C=C\C/C=C\CCCCCCC. The minimum atomic E-state index is -0.805. The van der Waals surface area contributed by atoms with Gasteiger partial charge in [-0.3, -0.25) is 14.4 Å². The summed E-state index contributed by atoms with van der Waals surface area (Å²) in [6.45, 7) is 6.37. The van der Waals surface area contributed by atoms with Crippen LogP contribution in [0.5, 0.6) is 0 Å². The lowest BCUT2D eigenvalue weighted by Gasteiger charge is -2.18. The Kier molecular flexibility index (Phi) is 60.8. The molecule has 0 rings (SSSR count). The Hall–Kier alpha value is -4.19. The second-order valence-electron chi connectivity index (χ2n) is 20.9. The molecule has 0 aliphatic carbocycles. The standard InChI is InChI=1S/C71H118O6/c1-4-7-10-13-16-19-22-25-27-29-31-33-34-35-36-38-39-41-43-46-49-52-55-58-61-64-70(73)76-67-68(66-75-69(72)63-60-57-54-51-48-45-24-21-18-15-12-9-6-3)77-71(74)65-62-59-56-53-50-47-44-42-40-37-32-30-28-26-23-20-17-14-11-8-5-2/h8-9,11-12,17-18,20-22,25-26,28-29,31-32,37,42,44-45,48,68H,4-7,10,13-16,19,23-24,27,30,33-36,38-41,43,46-47,49-67H2,1-3H3/b11-8-,12-9-,20-17-,21-18-,25-22-,28-26-,31-29-,37-32-,44-42-,48-45-. The molecular formula is C71H118O6. The van der Waals surface area contributed by atoms with Gasteiger partial charge in [0.25, 0.3) is 0 Å². The number of carbonyl (C=O) groups is 3. The van der Waals surface area contributed by atoms with Gasteiger partial charge < -0.3 is 14.2 Å². The van der Waals surface area contributed by atoms with Gasteiger partial charge in [0.2, 0.25) is 0 Å². The Morgan fingerprint density at radius 3 is 0.805 bits per heavy atom. The second-order valence-corrected chi connectivity index (χ2v) is 20.9. The van der Waals surface area contributed by atoms with Gasteiger partial charge in [0, 0.05) is 19.3 Å². The van der Waals surface area contributed by atoms with E-state index < -0.39 is 6.10 Å². The van der Waals surface area contributed by atoms with Gasteiger partial charge >= 0.3 is 17.9 Å². The fraction of sp³-hybridized carbons (Fsp3) is 0.676. The van der Waals surface area contributed by atoms with Crippen molar-refractivity contribution < 1.29 is 28.6 Å². The Bertz CT molecular complexity index is 1600. The first-order valence-electron chi connectivity index (χ1n) is 32.0. The zero-order chi connectivity index (χ0) is 55.7. The molecule has 6 nitrogen and oxygen atoms in total. The van der Waals surface area contributed by atoms with Gasteiger partial charge in [0.05, 0.1) is 0 Å². The van der Waals surface area contributed by atoms with Crippen LogP contribution in [0.15, 0.2) is 122 Å². The van der Waals surface area contributed by atoms with Crippen molar-refractivity contribution in [2.75, 3.05) is 13.2 Å². The lowest BCUT2D eigenvalue weighted by atomic mass is 10.0. The van der Waals surface area contributed by atoms with Gasteiger partial charge in [-0.1, -0.05) is 264 Å². The summed E-state index contributed by atoms with van der Waals surface area (Å²) < 4.78 is 16.9. The number of unbranched alkanes of at least 4 members (excludes halogenated alkanes) is 26. The van der Waals surface area contributed by atoms with Crippen molar-refractivity contribution in [3.8, 4) is 0 Å². The smallest absolute Gasteiger partial charge is 0.306 e. The van der Waals surface area contributed by atoms with Crippen molar-refractivity contribution in [1.82, 2.24) is 0 Å². The molecule has 1 atom stereocenters. The van der Waals surface area contributed by atoms with Crippen LogP contribution >= 0.6 is 0 Å². The highest BCUT2D eigenvalue weighted by molar-refractivity contribution is 5.71. The summed E-state index contributed by atoms with van der Waals surface area (Å²) >= 11 is 0. The number of hydrogen-bond acceptors (Lipinski definition) is 6. The molecule has 0 amide bonds. The van der Waals surface area contributed by atoms with Gasteiger partial charge in [-0.15, -0.1) is 0 Å². The third-order valence-corrected chi connectivity index (χ3v) is 13.4. The molecule has 0 aromatic rings. The number of carbonyl (C=O) groups excluding carboxylic acids is 3. The van der Waals surface area contributed by atoms with Crippen molar-refractivity contribution in [1.29, 1.82) is 0 Å². The maximum absolute atomic E-state index is 12.9. The highest BCUT2D eigenvalue weighted by Crippen LogP contribution is 2.16. The van der Waals surface area contributed by atoms with Crippen LogP contribution < -0.4 is 0 Å². The Balaban J connectivity index is 4.37. The lowest BCUT2D eigenvalue weighted by Crippen LogP contribution is -2.30. The van der Waals surface area contributed by atoms with Crippen LogP contribution in [0.2, 0.25) is 0 Å². The predicted octanol–water partition coefficient (Wildman–Crippen LogP) is 22.0. The zero-order valence-electron chi connectivity index (χ0n) is 50.2. The third-order valence-electron chi connectivity index (χ3n) is 13.4. The largest absolute Gasteiger partial charge is 0.462 e. The quantitative estimate of drug-likeness (QED) is 0.0261. The number of esters is 3. The van der Waals surface area contributed by atoms with E-state index in [1.807, 2.05) is 0 Å². The molecule has 0 aliphatic heterocycles. The van der Waals surface area contributed by atoms with E-state index in [0.29, 0.717) is 19.3 Å². The molecule has 0 fully saturated rings.